The molecule has 45 heavy (non-hydrogen) atoms. The quantitative estimate of drug-likeness (QED) is 0.281. The number of carbonyl (C=O) groups is 2. The third kappa shape index (κ3) is 8.43. The molecule has 3 aromatic rings. The lowest BCUT2D eigenvalue weighted by molar-refractivity contribution is -0.163. The highest BCUT2D eigenvalue weighted by atomic mass is 19.4. The Bertz CT molecular complexity index is 1520. The second-order valence-corrected chi connectivity index (χ2v) is 11.4. The van der Waals surface area contributed by atoms with Crippen LogP contribution in [0.1, 0.15) is 78.8 Å². The first-order valence-corrected chi connectivity index (χ1v) is 14.0. The van der Waals surface area contributed by atoms with E-state index in [1.54, 1.807) is 0 Å². The molecule has 0 bridgehead atoms. The van der Waals surface area contributed by atoms with Gasteiger partial charge in [0.25, 0.3) is 5.91 Å². The number of alkyl halides is 8. The molecule has 0 saturated heterocycles. The molecule has 1 unspecified atom stereocenters. The zero-order chi connectivity index (χ0) is 32.7. The molecule has 0 aliphatic heterocycles. The highest BCUT2D eigenvalue weighted by molar-refractivity contribution is 5.92. The summed E-state index contributed by atoms with van der Waals surface area (Å²) in [6.07, 6.45) is -9.31. The van der Waals surface area contributed by atoms with Crippen LogP contribution in [0.25, 0.3) is 5.65 Å². The number of aliphatic hydroxyl groups excluding tert-OH is 1. The Balaban J connectivity index is 1.39. The number of hydrogen-bond donors (Lipinski definition) is 3. The highest BCUT2D eigenvalue weighted by Gasteiger charge is 2.41. The molecule has 0 aromatic carbocycles. The van der Waals surface area contributed by atoms with Crippen molar-refractivity contribution < 1.29 is 49.8 Å². The van der Waals surface area contributed by atoms with Gasteiger partial charge in [0.15, 0.2) is 17.9 Å². The largest absolute Gasteiger partial charge is 0.409 e. The molecular formula is C26H28F8N8O3. The van der Waals surface area contributed by atoms with Crippen molar-refractivity contribution in [2.45, 2.75) is 88.0 Å². The fourth-order valence-electron chi connectivity index (χ4n) is 5.38. The summed E-state index contributed by atoms with van der Waals surface area (Å²) in [4.78, 5) is 30.2. The van der Waals surface area contributed by atoms with Gasteiger partial charge in [-0.15, -0.1) is 5.10 Å². The van der Waals surface area contributed by atoms with Crippen molar-refractivity contribution in [2.24, 2.45) is 11.8 Å². The van der Waals surface area contributed by atoms with E-state index in [2.05, 4.69) is 30.9 Å². The van der Waals surface area contributed by atoms with Crippen molar-refractivity contribution in [1.82, 2.24) is 40.2 Å². The number of amides is 2. The fourth-order valence-corrected chi connectivity index (χ4v) is 5.38. The third-order valence-corrected chi connectivity index (χ3v) is 7.77. The topological polar surface area (TPSA) is 139 Å². The summed E-state index contributed by atoms with van der Waals surface area (Å²) < 4.78 is 105. The Morgan fingerprint density at radius 1 is 0.956 bits per heavy atom. The molecule has 2 aliphatic carbocycles. The lowest BCUT2D eigenvalue weighted by atomic mass is 9.81. The predicted molar refractivity (Wildman–Crippen MR) is 136 cm³/mol. The van der Waals surface area contributed by atoms with Crippen molar-refractivity contribution in [3.8, 4) is 0 Å². The van der Waals surface area contributed by atoms with E-state index in [9.17, 15) is 49.8 Å². The zero-order valence-electron chi connectivity index (χ0n) is 23.3. The van der Waals surface area contributed by atoms with Gasteiger partial charge in [0.1, 0.15) is 6.10 Å². The molecule has 246 valence electrons. The van der Waals surface area contributed by atoms with E-state index in [1.165, 1.54) is 23.0 Å². The SMILES string of the molecule is O=C(N[C@H](c1cn2ncc(C(NC(=O)[C@@H](O)CC(F)(F)F)C3CC3)cc2n1)C1CCC(F)(F)CC1)c1cnn(CC(F)(F)F)n1. The summed E-state index contributed by atoms with van der Waals surface area (Å²) in [7, 11) is 0. The van der Waals surface area contributed by atoms with E-state index in [0.717, 1.165) is 6.20 Å². The first-order chi connectivity index (χ1) is 21.0. The van der Waals surface area contributed by atoms with Gasteiger partial charge in [0.05, 0.1) is 42.8 Å². The standard InChI is InChI=1S/C26H28F8N8O3/c27-24(28)5-3-14(4-6-24)21(39-22(44)16-10-36-42(40-16)12-26(32,33)34)17-11-41-19(37-17)7-15(9-35-41)20(13-1-2-13)38-23(45)18(43)8-25(29,30)31/h7,9-11,13-14,18,20-21,43H,1-6,8,12H2,(H,38,45)(H,39,44)/t18-,20?,21-/m0/s1. The van der Waals surface area contributed by atoms with Gasteiger partial charge >= 0.3 is 12.4 Å². The van der Waals surface area contributed by atoms with Gasteiger partial charge in [-0.1, -0.05) is 0 Å². The molecular weight excluding hydrogens is 624 g/mol. The second kappa shape index (κ2) is 12.1. The molecule has 3 heterocycles. The van der Waals surface area contributed by atoms with Crippen molar-refractivity contribution in [3.63, 3.8) is 0 Å². The Morgan fingerprint density at radius 3 is 2.24 bits per heavy atom. The lowest BCUT2D eigenvalue weighted by Gasteiger charge is -2.33. The summed E-state index contributed by atoms with van der Waals surface area (Å²) in [6, 6.07) is -0.219. The monoisotopic (exact) mass is 652 g/mol. The van der Waals surface area contributed by atoms with E-state index in [0.29, 0.717) is 23.2 Å². The second-order valence-electron chi connectivity index (χ2n) is 11.4. The molecule has 3 atom stereocenters. The minimum atomic E-state index is -4.75. The lowest BCUT2D eigenvalue weighted by Crippen LogP contribution is -2.40. The van der Waals surface area contributed by atoms with Crippen molar-refractivity contribution in [1.29, 1.82) is 0 Å². The van der Waals surface area contributed by atoms with Crippen LogP contribution in [0.4, 0.5) is 35.1 Å². The molecule has 3 N–H and O–H groups in total. The Labute approximate surface area is 249 Å². The number of carbonyl (C=O) groups excluding carboxylic acids is 2. The molecule has 2 amide bonds. The van der Waals surface area contributed by atoms with Gasteiger partial charge in [0, 0.05) is 12.8 Å². The maximum atomic E-state index is 14.0. The first-order valence-electron chi connectivity index (χ1n) is 14.0. The summed E-state index contributed by atoms with van der Waals surface area (Å²) >= 11 is 0. The third-order valence-electron chi connectivity index (χ3n) is 7.77. The van der Waals surface area contributed by atoms with Crippen LogP contribution in [0.5, 0.6) is 0 Å². The van der Waals surface area contributed by atoms with Gasteiger partial charge in [-0.3, -0.25) is 9.59 Å². The number of nitrogens with zero attached hydrogens (tertiary/aromatic N) is 6. The molecule has 0 radical (unpaired) electrons. The molecule has 2 saturated carbocycles. The number of aromatic nitrogens is 6. The predicted octanol–water partition coefficient (Wildman–Crippen LogP) is 4.06. The number of aliphatic hydroxyl groups is 1. The first kappa shape index (κ1) is 32.5. The summed E-state index contributed by atoms with van der Waals surface area (Å²) in [5, 5.41) is 26.1. The average molecular weight is 653 g/mol. The van der Waals surface area contributed by atoms with E-state index in [4.69, 9.17) is 0 Å². The van der Waals surface area contributed by atoms with Crippen LogP contribution in [-0.4, -0.2) is 70.9 Å². The maximum absolute atomic E-state index is 14.0. The van der Waals surface area contributed by atoms with Gasteiger partial charge in [-0.2, -0.15) is 41.3 Å². The molecule has 5 rings (SSSR count). The van der Waals surface area contributed by atoms with Crippen LogP contribution in [0.15, 0.2) is 24.7 Å². The highest BCUT2D eigenvalue weighted by Crippen LogP contribution is 2.43. The minimum Gasteiger partial charge on any atom is -0.383 e. The molecule has 2 fully saturated rings. The Hall–Kier alpha value is -3.90. The smallest absolute Gasteiger partial charge is 0.383 e. The van der Waals surface area contributed by atoms with Crippen LogP contribution in [-0.2, 0) is 11.3 Å². The van der Waals surface area contributed by atoms with E-state index < -0.39 is 85.7 Å². The van der Waals surface area contributed by atoms with E-state index in [-0.39, 0.29) is 30.1 Å². The van der Waals surface area contributed by atoms with Crippen molar-refractivity contribution >= 4 is 17.5 Å². The molecule has 0 spiro atoms. The van der Waals surface area contributed by atoms with Crippen molar-refractivity contribution in [2.75, 3.05) is 0 Å². The van der Waals surface area contributed by atoms with Gasteiger partial charge in [0.2, 0.25) is 11.8 Å². The number of nitrogens with one attached hydrogen (secondary N) is 2. The normalized spacial score (nSPS) is 19.7. The van der Waals surface area contributed by atoms with E-state index in [1.807, 2.05) is 0 Å². The van der Waals surface area contributed by atoms with Crippen LogP contribution in [0, 0.1) is 11.8 Å². The molecule has 2 aliphatic rings. The molecule has 19 heteroatoms. The van der Waals surface area contributed by atoms with Crippen LogP contribution in [0.2, 0.25) is 0 Å². The average Bonchev–Trinajstić information content (AvgIpc) is 3.51. The Morgan fingerprint density at radius 2 is 1.62 bits per heavy atom. The number of fused-ring (bicyclic) bond motifs is 1. The Kier molecular flexibility index (Phi) is 8.76. The fraction of sp³-hybridized carbons (Fsp3) is 0.615. The zero-order valence-corrected chi connectivity index (χ0v) is 23.3. The summed E-state index contributed by atoms with van der Waals surface area (Å²) in [6.45, 7) is -1.52. The summed E-state index contributed by atoms with van der Waals surface area (Å²) in [5.74, 6) is -5.64. The van der Waals surface area contributed by atoms with Gasteiger partial charge < -0.3 is 15.7 Å². The van der Waals surface area contributed by atoms with Crippen molar-refractivity contribution in [3.05, 3.63) is 41.6 Å². The van der Waals surface area contributed by atoms with Gasteiger partial charge in [-0.25, -0.2) is 18.3 Å². The van der Waals surface area contributed by atoms with Gasteiger partial charge in [-0.05, 0) is 49.1 Å². The van der Waals surface area contributed by atoms with E-state index >= 15 is 0 Å². The maximum Gasteiger partial charge on any atom is 0.409 e. The van der Waals surface area contributed by atoms with Crippen LogP contribution < -0.4 is 10.6 Å². The minimum absolute atomic E-state index is 0.00129. The number of halogens is 8. The molecule has 11 nitrogen and oxygen atoms in total. The van der Waals surface area contributed by atoms with Crippen LogP contribution in [0.3, 0.4) is 0 Å². The number of imidazole rings is 1. The molecule has 3 aromatic heterocycles. The number of hydrogen-bond acceptors (Lipinski definition) is 7. The summed E-state index contributed by atoms with van der Waals surface area (Å²) in [5.41, 5.74) is 0.382. The number of rotatable bonds is 10. The van der Waals surface area contributed by atoms with Crippen LogP contribution >= 0.6 is 0 Å².